The van der Waals surface area contributed by atoms with E-state index in [1.54, 1.807) is 11.3 Å². The number of pyridine rings is 1. The molecule has 0 amide bonds. The van der Waals surface area contributed by atoms with Crippen molar-refractivity contribution in [2.45, 2.75) is 13.0 Å². The maximum Gasteiger partial charge on any atom is 0.337 e. The summed E-state index contributed by atoms with van der Waals surface area (Å²) in [6, 6.07) is 3.51. The summed E-state index contributed by atoms with van der Waals surface area (Å²) in [6.45, 7) is 1.98. The average molecular weight is 283 g/mol. The predicted octanol–water partition coefficient (Wildman–Crippen LogP) is 3.67. The summed E-state index contributed by atoms with van der Waals surface area (Å²) < 4.78 is 0. The molecular weight excluding hydrogens is 272 g/mol. The molecule has 2 rings (SSSR count). The summed E-state index contributed by atoms with van der Waals surface area (Å²) in [5.74, 6) is -0.566. The number of carboxylic acids is 1. The second kappa shape index (κ2) is 5.37. The van der Waals surface area contributed by atoms with Crippen LogP contribution >= 0.6 is 22.9 Å². The van der Waals surface area contributed by atoms with Crippen molar-refractivity contribution >= 4 is 34.7 Å². The zero-order chi connectivity index (χ0) is 13.1. The first kappa shape index (κ1) is 12.9. The molecule has 2 N–H and O–H groups in total. The number of halogens is 1. The van der Waals surface area contributed by atoms with Crippen LogP contribution in [-0.2, 0) is 0 Å². The van der Waals surface area contributed by atoms with Gasteiger partial charge in [-0.25, -0.2) is 9.78 Å². The van der Waals surface area contributed by atoms with E-state index in [0.717, 1.165) is 5.56 Å². The highest BCUT2D eigenvalue weighted by Crippen LogP contribution is 2.23. The zero-order valence-corrected chi connectivity index (χ0v) is 11.1. The van der Waals surface area contributed by atoms with Crippen LogP contribution in [0.2, 0.25) is 5.02 Å². The summed E-state index contributed by atoms with van der Waals surface area (Å²) in [5.41, 5.74) is 1.18. The Balaban J connectivity index is 2.20. The fourth-order valence-corrected chi connectivity index (χ4v) is 2.45. The van der Waals surface area contributed by atoms with E-state index in [9.17, 15) is 4.79 Å². The van der Waals surface area contributed by atoms with Gasteiger partial charge in [0, 0.05) is 6.20 Å². The lowest BCUT2D eigenvalue weighted by Crippen LogP contribution is -2.08. The second-order valence-electron chi connectivity index (χ2n) is 3.78. The van der Waals surface area contributed by atoms with Crippen molar-refractivity contribution in [3.63, 3.8) is 0 Å². The molecule has 2 aromatic heterocycles. The number of carbonyl (C=O) groups is 1. The third kappa shape index (κ3) is 2.80. The maximum absolute atomic E-state index is 11.0. The summed E-state index contributed by atoms with van der Waals surface area (Å²) >= 11 is 7.37. The van der Waals surface area contributed by atoms with Gasteiger partial charge in [0.2, 0.25) is 0 Å². The van der Waals surface area contributed by atoms with Crippen molar-refractivity contribution in [2.75, 3.05) is 5.32 Å². The number of rotatable bonds is 4. The van der Waals surface area contributed by atoms with Crippen molar-refractivity contribution in [3.05, 3.63) is 45.2 Å². The molecule has 0 aliphatic heterocycles. The Morgan fingerprint density at radius 1 is 1.61 bits per heavy atom. The van der Waals surface area contributed by atoms with E-state index >= 15 is 0 Å². The Hall–Kier alpha value is -1.59. The first-order valence-electron chi connectivity index (χ1n) is 5.25. The van der Waals surface area contributed by atoms with Crippen LogP contribution in [0, 0.1) is 0 Å². The minimum absolute atomic E-state index is 0.0479. The number of hydrogen-bond acceptors (Lipinski definition) is 4. The Bertz CT molecular complexity index is 557. The van der Waals surface area contributed by atoms with E-state index in [-0.39, 0.29) is 16.6 Å². The van der Waals surface area contributed by atoms with E-state index < -0.39 is 5.97 Å². The van der Waals surface area contributed by atoms with Crippen LogP contribution in [0.1, 0.15) is 28.9 Å². The molecule has 1 unspecified atom stereocenters. The first-order chi connectivity index (χ1) is 8.58. The smallest absolute Gasteiger partial charge is 0.337 e. The Morgan fingerprint density at radius 3 is 3.00 bits per heavy atom. The number of nitrogens with one attached hydrogen (secondary N) is 1. The van der Waals surface area contributed by atoms with Crippen LogP contribution in [-0.4, -0.2) is 16.1 Å². The summed E-state index contributed by atoms with van der Waals surface area (Å²) in [4.78, 5) is 15.0. The molecule has 6 heteroatoms. The number of hydrogen-bond donors (Lipinski definition) is 2. The molecule has 1 atom stereocenters. The van der Waals surface area contributed by atoms with Gasteiger partial charge in [0.25, 0.3) is 0 Å². The van der Waals surface area contributed by atoms with Crippen molar-refractivity contribution < 1.29 is 9.90 Å². The molecule has 0 aliphatic rings. The van der Waals surface area contributed by atoms with Gasteiger partial charge >= 0.3 is 5.97 Å². The van der Waals surface area contributed by atoms with Crippen LogP contribution in [0.5, 0.6) is 0 Å². The topological polar surface area (TPSA) is 62.2 Å². The van der Waals surface area contributed by atoms with Crippen LogP contribution < -0.4 is 5.32 Å². The van der Waals surface area contributed by atoms with Crippen LogP contribution in [0.4, 0.5) is 5.82 Å². The lowest BCUT2D eigenvalue weighted by atomic mass is 10.2. The summed E-state index contributed by atoms with van der Waals surface area (Å²) in [7, 11) is 0. The molecule has 0 aliphatic carbocycles. The molecule has 0 spiro atoms. The standard InChI is InChI=1S/C12H11ClN2O2S/c1-7(8-2-3-18-6-8)15-11-4-9(12(16)17)10(13)5-14-11/h2-7H,1H3,(H,14,15)(H,16,17). The lowest BCUT2D eigenvalue weighted by molar-refractivity contribution is 0.0697. The molecule has 0 radical (unpaired) electrons. The summed E-state index contributed by atoms with van der Waals surface area (Å²) in [6.07, 6.45) is 1.34. The predicted molar refractivity (Wildman–Crippen MR) is 72.6 cm³/mol. The van der Waals surface area contributed by atoms with Gasteiger partial charge in [-0.3, -0.25) is 0 Å². The van der Waals surface area contributed by atoms with Gasteiger partial charge in [-0.1, -0.05) is 11.6 Å². The monoisotopic (exact) mass is 282 g/mol. The van der Waals surface area contributed by atoms with Gasteiger partial charge in [0.1, 0.15) is 5.82 Å². The third-order valence-corrected chi connectivity index (χ3v) is 3.50. The van der Waals surface area contributed by atoms with Gasteiger partial charge in [0.15, 0.2) is 0 Å². The van der Waals surface area contributed by atoms with Crippen LogP contribution in [0.3, 0.4) is 0 Å². The number of carboxylic acid groups (broad SMARTS) is 1. The van der Waals surface area contributed by atoms with Crippen molar-refractivity contribution in [1.29, 1.82) is 0 Å². The quantitative estimate of drug-likeness (QED) is 0.898. The second-order valence-corrected chi connectivity index (χ2v) is 4.96. The Morgan fingerprint density at radius 2 is 2.39 bits per heavy atom. The normalized spacial score (nSPS) is 12.1. The molecule has 0 aromatic carbocycles. The molecule has 2 aromatic rings. The fraction of sp³-hybridized carbons (Fsp3) is 0.167. The van der Waals surface area contributed by atoms with Gasteiger partial charge in [-0.2, -0.15) is 11.3 Å². The maximum atomic E-state index is 11.0. The molecular formula is C12H11ClN2O2S. The van der Waals surface area contributed by atoms with E-state index in [1.807, 2.05) is 23.8 Å². The first-order valence-corrected chi connectivity index (χ1v) is 6.57. The number of thiophene rings is 1. The minimum atomic E-state index is -1.06. The minimum Gasteiger partial charge on any atom is -0.478 e. The average Bonchev–Trinajstić information content (AvgIpc) is 2.85. The molecule has 0 saturated heterocycles. The van der Waals surface area contributed by atoms with Crippen molar-refractivity contribution in [1.82, 2.24) is 4.98 Å². The molecule has 2 heterocycles. The highest BCUT2D eigenvalue weighted by atomic mass is 35.5. The van der Waals surface area contributed by atoms with Gasteiger partial charge < -0.3 is 10.4 Å². The van der Waals surface area contributed by atoms with Crippen molar-refractivity contribution in [3.8, 4) is 0 Å². The lowest BCUT2D eigenvalue weighted by Gasteiger charge is -2.13. The largest absolute Gasteiger partial charge is 0.478 e. The molecule has 4 nitrogen and oxygen atoms in total. The van der Waals surface area contributed by atoms with Crippen molar-refractivity contribution in [2.24, 2.45) is 0 Å². The molecule has 0 fully saturated rings. The highest BCUT2D eigenvalue weighted by Gasteiger charge is 2.12. The summed E-state index contributed by atoms with van der Waals surface area (Å²) in [5, 5.41) is 16.3. The van der Waals surface area contributed by atoms with E-state index in [0.29, 0.717) is 5.82 Å². The molecule has 0 saturated carbocycles. The van der Waals surface area contributed by atoms with E-state index in [1.165, 1.54) is 12.3 Å². The molecule has 94 valence electrons. The SMILES string of the molecule is CC(Nc1cc(C(=O)O)c(Cl)cn1)c1ccsc1. The van der Waals surface area contributed by atoms with Gasteiger partial charge in [-0.15, -0.1) is 0 Å². The van der Waals surface area contributed by atoms with E-state index in [4.69, 9.17) is 16.7 Å². The third-order valence-electron chi connectivity index (χ3n) is 2.49. The van der Waals surface area contributed by atoms with Crippen LogP contribution in [0.25, 0.3) is 0 Å². The molecule has 18 heavy (non-hydrogen) atoms. The molecule has 0 bridgehead atoms. The fourth-order valence-electron chi connectivity index (χ4n) is 1.51. The zero-order valence-electron chi connectivity index (χ0n) is 9.55. The van der Waals surface area contributed by atoms with Gasteiger partial charge in [0.05, 0.1) is 16.6 Å². The van der Waals surface area contributed by atoms with Crippen LogP contribution in [0.15, 0.2) is 29.1 Å². The number of aromatic nitrogens is 1. The number of anilines is 1. The highest BCUT2D eigenvalue weighted by molar-refractivity contribution is 7.07. The Labute approximate surface area is 113 Å². The number of aromatic carboxylic acids is 1. The Kier molecular flexibility index (Phi) is 3.84. The van der Waals surface area contributed by atoms with Gasteiger partial charge in [-0.05, 0) is 35.4 Å². The van der Waals surface area contributed by atoms with E-state index in [2.05, 4.69) is 10.3 Å². The number of nitrogens with zero attached hydrogens (tertiary/aromatic N) is 1.